The smallest absolute Gasteiger partial charge is 0.251 e. The molecule has 2 rings (SSSR count). The number of nitrogens with zero attached hydrogens (tertiary/aromatic N) is 1. The van der Waals surface area contributed by atoms with Gasteiger partial charge < -0.3 is 9.30 Å². The SMILES string of the molecule is CCn1c(-c2c(F)cc(F)cc2F)c(OC)ccc1=O. The van der Waals surface area contributed by atoms with Crippen molar-refractivity contribution in [3.05, 3.63) is 52.1 Å². The van der Waals surface area contributed by atoms with Crippen LogP contribution in [-0.2, 0) is 6.54 Å². The summed E-state index contributed by atoms with van der Waals surface area (Å²) in [4.78, 5) is 11.8. The molecule has 0 aliphatic heterocycles. The van der Waals surface area contributed by atoms with Crippen LogP contribution in [0.3, 0.4) is 0 Å². The molecule has 1 heterocycles. The van der Waals surface area contributed by atoms with Crippen molar-refractivity contribution in [2.75, 3.05) is 7.11 Å². The summed E-state index contributed by atoms with van der Waals surface area (Å²) < 4.78 is 47.0. The van der Waals surface area contributed by atoms with Crippen LogP contribution in [0.15, 0.2) is 29.1 Å². The van der Waals surface area contributed by atoms with Crippen LogP contribution in [-0.4, -0.2) is 11.7 Å². The summed E-state index contributed by atoms with van der Waals surface area (Å²) in [5.41, 5.74) is -0.952. The maximum Gasteiger partial charge on any atom is 0.251 e. The van der Waals surface area contributed by atoms with Gasteiger partial charge in [0.25, 0.3) is 5.56 Å². The first kappa shape index (κ1) is 14.2. The van der Waals surface area contributed by atoms with Gasteiger partial charge >= 0.3 is 0 Å². The van der Waals surface area contributed by atoms with Gasteiger partial charge in [-0.05, 0) is 13.0 Å². The molecule has 106 valence electrons. The molecule has 0 bridgehead atoms. The molecule has 0 saturated heterocycles. The fourth-order valence-corrected chi connectivity index (χ4v) is 2.06. The van der Waals surface area contributed by atoms with Crippen LogP contribution >= 0.6 is 0 Å². The number of halogens is 3. The topological polar surface area (TPSA) is 31.2 Å². The van der Waals surface area contributed by atoms with E-state index < -0.39 is 28.6 Å². The number of hydrogen-bond acceptors (Lipinski definition) is 2. The van der Waals surface area contributed by atoms with Crippen LogP contribution in [0.2, 0.25) is 0 Å². The fraction of sp³-hybridized carbons (Fsp3) is 0.214. The Morgan fingerprint density at radius 3 is 2.25 bits per heavy atom. The molecule has 3 nitrogen and oxygen atoms in total. The van der Waals surface area contributed by atoms with Crippen molar-refractivity contribution in [3.63, 3.8) is 0 Å². The Labute approximate surface area is 113 Å². The normalized spacial score (nSPS) is 10.7. The van der Waals surface area contributed by atoms with Crippen LogP contribution in [0.4, 0.5) is 13.2 Å². The summed E-state index contributed by atoms with van der Waals surface area (Å²) in [7, 11) is 1.32. The van der Waals surface area contributed by atoms with Crippen LogP contribution in [0.1, 0.15) is 6.92 Å². The van der Waals surface area contributed by atoms with Crippen molar-refractivity contribution in [1.29, 1.82) is 0 Å². The van der Waals surface area contributed by atoms with E-state index >= 15 is 0 Å². The van der Waals surface area contributed by atoms with Crippen molar-refractivity contribution < 1.29 is 17.9 Å². The third kappa shape index (κ3) is 2.29. The molecule has 0 aliphatic rings. The van der Waals surface area contributed by atoms with E-state index in [9.17, 15) is 18.0 Å². The van der Waals surface area contributed by atoms with Gasteiger partial charge in [0.05, 0.1) is 18.4 Å². The molecule has 1 aromatic heterocycles. The molecular weight excluding hydrogens is 271 g/mol. The minimum absolute atomic E-state index is 0.0440. The van der Waals surface area contributed by atoms with E-state index in [4.69, 9.17) is 4.74 Å². The summed E-state index contributed by atoms with van der Waals surface area (Å²) in [6.07, 6.45) is 0. The number of methoxy groups -OCH3 is 1. The lowest BCUT2D eigenvalue weighted by Gasteiger charge is -2.16. The fourth-order valence-electron chi connectivity index (χ4n) is 2.06. The van der Waals surface area contributed by atoms with Gasteiger partial charge in [0.15, 0.2) is 0 Å². The maximum atomic E-state index is 13.9. The van der Waals surface area contributed by atoms with E-state index in [1.807, 2.05) is 0 Å². The van der Waals surface area contributed by atoms with Gasteiger partial charge in [0.2, 0.25) is 0 Å². The Kier molecular flexibility index (Phi) is 3.83. The second-order valence-corrected chi connectivity index (χ2v) is 4.08. The summed E-state index contributed by atoms with van der Waals surface area (Å²) in [6.45, 7) is 1.85. The van der Waals surface area contributed by atoms with Gasteiger partial charge in [-0.15, -0.1) is 0 Å². The van der Waals surface area contributed by atoms with Crippen molar-refractivity contribution in [1.82, 2.24) is 4.57 Å². The molecule has 0 saturated carbocycles. The highest BCUT2D eigenvalue weighted by Crippen LogP contribution is 2.33. The molecule has 0 N–H and O–H groups in total. The molecule has 0 amide bonds. The van der Waals surface area contributed by atoms with Crippen LogP contribution < -0.4 is 10.3 Å². The standard InChI is InChI=1S/C14H12F3NO2/c1-3-18-12(19)5-4-11(20-2)14(18)13-9(16)6-8(15)7-10(13)17/h4-7H,3H2,1-2H3. The monoisotopic (exact) mass is 283 g/mol. The Hall–Kier alpha value is -2.24. The average molecular weight is 283 g/mol. The van der Waals surface area contributed by atoms with Crippen molar-refractivity contribution in [3.8, 4) is 17.0 Å². The van der Waals surface area contributed by atoms with E-state index in [0.29, 0.717) is 12.1 Å². The van der Waals surface area contributed by atoms with Gasteiger partial charge in [-0.3, -0.25) is 4.79 Å². The first-order chi connectivity index (χ1) is 9.49. The molecular formula is C14H12F3NO2. The molecule has 1 aromatic carbocycles. The molecule has 2 aromatic rings. The highest BCUT2D eigenvalue weighted by molar-refractivity contribution is 5.68. The Morgan fingerprint density at radius 1 is 1.15 bits per heavy atom. The van der Waals surface area contributed by atoms with Gasteiger partial charge in [0.1, 0.15) is 23.2 Å². The highest BCUT2D eigenvalue weighted by atomic mass is 19.1. The predicted octanol–water partition coefficient (Wildman–Crippen LogP) is 2.96. The van der Waals surface area contributed by atoms with Gasteiger partial charge in [-0.25, -0.2) is 13.2 Å². The van der Waals surface area contributed by atoms with Crippen molar-refractivity contribution >= 4 is 0 Å². The number of aromatic nitrogens is 1. The number of rotatable bonds is 3. The summed E-state index contributed by atoms with van der Waals surface area (Å²) in [5.74, 6) is -3.07. The summed E-state index contributed by atoms with van der Waals surface area (Å²) in [6, 6.07) is 3.70. The minimum Gasteiger partial charge on any atom is -0.495 e. The Bertz CT molecular complexity index is 687. The summed E-state index contributed by atoms with van der Waals surface area (Å²) in [5, 5.41) is 0. The van der Waals surface area contributed by atoms with E-state index in [-0.39, 0.29) is 18.0 Å². The molecule has 0 aliphatic carbocycles. The molecule has 0 radical (unpaired) electrons. The predicted molar refractivity (Wildman–Crippen MR) is 68.2 cm³/mol. The molecule has 0 fully saturated rings. The third-order valence-corrected chi connectivity index (χ3v) is 2.93. The van der Waals surface area contributed by atoms with Crippen LogP contribution in [0.5, 0.6) is 5.75 Å². The first-order valence-electron chi connectivity index (χ1n) is 5.92. The molecule has 0 unspecified atom stereocenters. The lowest BCUT2D eigenvalue weighted by molar-refractivity contribution is 0.410. The number of benzene rings is 1. The number of hydrogen-bond donors (Lipinski definition) is 0. The number of pyridine rings is 1. The zero-order chi connectivity index (χ0) is 14.9. The second-order valence-electron chi connectivity index (χ2n) is 4.08. The molecule has 6 heteroatoms. The van der Waals surface area contributed by atoms with Crippen LogP contribution in [0.25, 0.3) is 11.3 Å². The van der Waals surface area contributed by atoms with Gasteiger partial charge in [-0.1, -0.05) is 0 Å². The molecule has 20 heavy (non-hydrogen) atoms. The van der Waals surface area contributed by atoms with E-state index in [2.05, 4.69) is 0 Å². The zero-order valence-corrected chi connectivity index (χ0v) is 10.9. The van der Waals surface area contributed by atoms with Crippen molar-refractivity contribution in [2.45, 2.75) is 13.5 Å². The Balaban J connectivity index is 2.88. The Morgan fingerprint density at radius 2 is 1.75 bits per heavy atom. The maximum absolute atomic E-state index is 13.9. The van der Waals surface area contributed by atoms with Crippen molar-refractivity contribution in [2.24, 2.45) is 0 Å². The number of ether oxygens (including phenoxy) is 1. The first-order valence-corrected chi connectivity index (χ1v) is 5.92. The highest BCUT2D eigenvalue weighted by Gasteiger charge is 2.21. The lowest BCUT2D eigenvalue weighted by Crippen LogP contribution is -2.21. The minimum atomic E-state index is -1.09. The lowest BCUT2D eigenvalue weighted by atomic mass is 10.1. The van der Waals surface area contributed by atoms with E-state index in [1.165, 1.54) is 19.2 Å². The third-order valence-electron chi connectivity index (χ3n) is 2.93. The second kappa shape index (κ2) is 5.40. The van der Waals surface area contributed by atoms with Gasteiger partial charge in [-0.2, -0.15) is 0 Å². The largest absolute Gasteiger partial charge is 0.495 e. The van der Waals surface area contributed by atoms with Crippen LogP contribution in [0, 0.1) is 17.5 Å². The van der Waals surface area contributed by atoms with E-state index in [1.54, 1.807) is 6.92 Å². The van der Waals surface area contributed by atoms with E-state index in [0.717, 1.165) is 4.57 Å². The van der Waals surface area contributed by atoms with Gasteiger partial charge in [0, 0.05) is 24.7 Å². The zero-order valence-electron chi connectivity index (χ0n) is 10.9. The average Bonchev–Trinajstić information content (AvgIpc) is 2.38. The molecule has 0 spiro atoms. The quantitative estimate of drug-likeness (QED) is 0.867. The summed E-state index contributed by atoms with van der Waals surface area (Å²) >= 11 is 0. The molecule has 0 atom stereocenters.